The summed E-state index contributed by atoms with van der Waals surface area (Å²) in [6.07, 6.45) is -0.320. The fraction of sp³-hybridized carbons (Fsp3) is 1.00. The maximum atomic E-state index is 9.08. The molecule has 0 radical (unpaired) electrons. The van der Waals surface area contributed by atoms with E-state index < -0.39 is 0 Å². The van der Waals surface area contributed by atoms with Crippen LogP contribution in [-0.2, 0) is 0 Å². The Morgan fingerprint density at radius 2 is 1.78 bits per heavy atom. The van der Waals surface area contributed by atoms with Crippen molar-refractivity contribution >= 4 is 31.9 Å². The number of alkyl halides is 2. The first-order valence-electron chi connectivity index (χ1n) is 2.86. The Morgan fingerprint density at radius 1 is 1.44 bits per heavy atom. The lowest BCUT2D eigenvalue weighted by molar-refractivity contribution is 0.184. The molecule has 0 saturated carbocycles. The molecule has 2 atom stereocenters. The van der Waals surface area contributed by atoms with E-state index in [0.29, 0.717) is 0 Å². The van der Waals surface area contributed by atoms with Crippen LogP contribution in [-0.4, -0.2) is 20.4 Å². The van der Waals surface area contributed by atoms with Crippen molar-refractivity contribution in [3.8, 4) is 0 Å². The van der Waals surface area contributed by atoms with Crippen LogP contribution >= 0.6 is 31.9 Å². The molecule has 56 valence electrons. The Kier molecular flexibility index (Phi) is 3.69. The molecular formula is C6H12Br2O. The Hall–Kier alpha value is 0.920. The molecule has 0 aliphatic rings. The molecule has 0 aromatic rings. The van der Waals surface area contributed by atoms with Gasteiger partial charge in [-0.2, -0.15) is 0 Å². The molecule has 2 unspecified atom stereocenters. The van der Waals surface area contributed by atoms with Crippen LogP contribution in [0.4, 0.5) is 0 Å². The monoisotopic (exact) mass is 258 g/mol. The summed E-state index contributed by atoms with van der Waals surface area (Å²) in [7, 11) is 0. The SMILES string of the molecule is CC(O)C(Br)C(C)(C)Br. The minimum Gasteiger partial charge on any atom is -0.392 e. The second kappa shape index (κ2) is 3.35. The van der Waals surface area contributed by atoms with Gasteiger partial charge in [-0.1, -0.05) is 31.9 Å². The van der Waals surface area contributed by atoms with Gasteiger partial charge < -0.3 is 5.11 Å². The summed E-state index contributed by atoms with van der Waals surface area (Å²) in [5.41, 5.74) is 0. The van der Waals surface area contributed by atoms with Gasteiger partial charge in [0.2, 0.25) is 0 Å². The summed E-state index contributed by atoms with van der Waals surface area (Å²) in [5.74, 6) is 0. The summed E-state index contributed by atoms with van der Waals surface area (Å²) in [6.45, 7) is 5.79. The van der Waals surface area contributed by atoms with Crippen LogP contribution in [0.15, 0.2) is 0 Å². The summed E-state index contributed by atoms with van der Waals surface area (Å²) >= 11 is 6.80. The average Bonchev–Trinajstić information content (AvgIpc) is 1.62. The highest BCUT2D eigenvalue weighted by molar-refractivity contribution is 9.12. The van der Waals surface area contributed by atoms with Gasteiger partial charge in [0.05, 0.1) is 10.9 Å². The standard InChI is InChI=1S/C6H12Br2O/c1-4(9)5(7)6(2,3)8/h4-5,9H,1-3H3. The minimum atomic E-state index is -0.320. The first-order chi connectivity index (χ1) is 3.85. The number of aliphatic hydroxyl groups is 1. The molecule has 0 aromatic carbocycles. The summed E-state index contributed by atoms with van der Waals surface area (Å²) in [5, 5.41) is 9.08. The zero-order valence-corrected chi connectivity index (χ0v) is 9.03. The fourth-order valence-corrected chi connectivity index (χ4v) is 0.956. The van der Waals surface area contributed by atoms with Crippen molar-refractivity contribution in [2.45, 2.75) is 36.0 Å². The molecule has 0 aliphatic carbocycles. The number of aliphatic hydroxyl groups excluding tert-OH is 1. The molecule has 0 aliphatic heterocycles. The lowest BCUT2D eigenvalue weighted by Gasteiger charge is -2.25. The van der Waals surface area contributed by atoms with Gasteiger partial charge in [0, 0.05) is 4.32 Å². The molecule has 0 spiro atoms. The highest BCUT2D eigenvalue weighted by Gasteiger charge is 2.27. The number of rotatable bonds is 2. The number of hydrogen-bond acceptors (Lipinski definition) is 1. The molecular weight excluding hydrogens is 248 g/mol. The lowest BCUT2D eigenvalue weighted by atomic mass is 10.1. The van der Waals surface area contributed by atoms with E-state index in [-0.39, 0.29) is 15.3 Å². The number of halogens is 2. The van der Waals surface area contributed by atoms with E-state index in [0.717, 1.165) is 0 Å². The van der Waals surface area contributed by atoms with Crippen LogP contribution < -0.4 is 0 Å². The van der Waals surface area contributed by atoms with E-state index in [1.54, 1.807) is 6.92 Å². The molecule has 0 amide bonds. The molecule has 0 fully saturated rings. The molecule has 0 aromatic heterocycles. The summed E-state index contributed by atoms with van der Waals surface area (Å²) in [4.78, 5) is 0.102. The Balaban J connectivity index is 3.88. The van der Waals surface area contributed by atoms with Crippen molar-refractivity contribution < 1.29 is 5.11 Å². The third-order valence-corrected chi connectivity index (χ3v) is 4.10. The molecule has 3 heteroatoms. The van der Waals surface area contributed by atoms with Crippen molar-refractivity contribution in [3.63, 3.8) is 0 Å². The molecule has 1 nitrogen and oxygen atoms in total. The molecule has 0 bridgehead atoms. The van der Waals surface area contributed by atoms with Gasteiger partial charge in [0.15, 0.2) is 0 Å². The zero-order valence-electron chi connectivity index (χ0n) is 5.86. The van der Waals surface area contributed by atoms with Crippen molar-refractivity contribution in [3.05, 3.63) is 0 Å². The van der Waals surface area contributed by atoms with Gasteiger partial charge in [-0.15, -0.1) is 0 Å². The first kappa shape index (κ1) is 9.92. The predicted octanol–water partition coefficient (Wildman–Crippen LogP) is 2.30. The largest absolute Gasteiger partial charge is 0.392 e. The van der Waals surface area contributed by atoms with E-state index >= 15 is 0 Å². The maximum absolute atomic E-state index is 9.08. The molecule has 9 heavy (non-hydrogen) atoms. The van der Waals surface area contributed by atoms with E-state index in [1.807, 2.05) is 13.8 Å². The topological polar surface area (TPSA) is 20.2 Å². The predicted molar refractivity (Wildman–Crippen MR) is 47.4 cm³/mol. The van der Waals surface area contributed by atoms with Crippen LogP contribution in [0.25, 0.3) is 0 Å². The van der Waals surface area contributed by atoms with E-state index in [4.69, 9.17) is 5.11 Å². The maximum Gasteiger partial charge on any atom is 0.0650 e. The van der Waals surface area contributed by atoms with Crippen LogP contribution in [0, 0.1) is 0 Å². The molecule has 0 heterocycles. The number of hydrogen-bond donors (Lipinski definition) is 1. The van der Waals surface area contributed by atoms with Gasteiger partial charge >= 0.3 is 0 Å². The van der Waals surface area contributed by atoms with Crippen LogP contribution in [0.1, 0.15) is 20.8 Å². The van der Waals surface area contributed by atoms with Crippen molar-refractivity contribution in [1.29, 1.82) is 0 Å². The van der Waals surface area contributed by atoms with Gasteiger partial charge in [0.1, 0.15) is 0 Å². The fourth-order valence-electron chi connectivity index (χ4n) is 0.574. The van der Waals surface area contributed by atoms with Gasteiger partial charge in [-0.25, -0.2) is 0 Å². The first-order valence-corrected chi connectivity index (χ1v) is 4.57. The van der Waals surface area contributed by atoms with E-state index in [9.17, 15) is 0 Å². The van der Waals surface area contributed by atoms with Crippen molar-refractivity contribution in [2.75, 3.05) is 0 Å². The Morgan fingerprint density at radius 3 is 1.78 bits per heavy atom. The molecule has 0 saturated heterocycles. The quantitative estimate of drug-likeness (QED) is 0.755. The lowest BCUT2D eigenvalue weighted by Crippen LogP contribution is -2.33. The Bertz CT molecular complexity index is 85.5. The molecule has 0 rings (SSSR count). The van der Waals surface area contributed by atoms with Gasteiger partial charge in [0.25, 0.3) is 0 Å². The van der Waals surface area contributed by atoms with Crippen LogP contribution in [0.5, 0.6) is 0 Å². The normalized spacial score (nSPS) is 19.3. The van der Waals surface area contributed by atoms with Crippen molar-refractivity contribution in [2.24, 2.45) is 0 Å². The van der Waals surface area contributed by atoms with Crippen molar-refractivity contribution in [1.82, 2.24) is 0 Å². The zero-order chi connectivity index (χ0) is 7.65. The second-order valence-electron chi connectivity index (χ2n) is 2.71. The van der Waals surface area contributed by atoms with Gasteiger partial charge in [-0.3, -0.25) is 0 Å². The van der Waals surface area contributed by atoms with Crippen LogP contribution in [0.3, 0.4) is 0 Å². The summed E-state index contributed by atoms with van der Waals surface area (Å²) in [6, 6.07) is 0. The second-order valence-corrected chi connectivity index (χ2v) is 5.74. The summed E-state index contributed by atoms with van der Waals surface area (Å²) < 4.78 is -0.0405. The van der Waals surface area contributed by atoms with Gasteiger partial charge in [-0.05, 0) is 20.8 Å². The van der Waals surface area contributed by atoms with Crippen LogP contribution in [0.2, 0.25) is 0 Å². The Labute approximate surface area is 73.1 Å². The highest BCUT2D eigenvalue weighted by atomic mass is 79.9. The average molecular weight is 260 g/mol. The molecule has 1 N–H and O–H groups in total. The smallest absolute Gasteiger partial charge is 0.0650 e. The third-order valence-electron chi connectivity index (χ3n) is 1.08. The van der Waals surface area contributed by atoms with E-state index in [2.05, 4.69) is 31.9 Å². The minimum absolute atomic E-state index is 0.0405. The highest BCUT2D eigenvalue weighted by Crippen LogP contribution is 2.28. The third kappa shape index (κ3) is 3.58. The van der Waals surface area contributed by atoms with E-state index in [1.165, 1.54) is 0 Å².